The molecule has 0 bridgehead atoms. The minimum absolute atomic E-state index is 0.0245. The number of halogens is 1. The van der Waals surface area contributed by atoms with Gasteiger partial charge in [-0.2, -0.15) is 0 Å². The van der Waals surface area contributed by atoms with E-state index in [0.29, 0.717) is 29.4 Å². The van der Waals surface area contributed by atoms with Crippen LogP contribution in [-0.4, -0.2) is 20.1 Å². The minimum atomic E-state index is -0.230. The molecule has 3 aromatic carbocycles. The first-order chi connectivity index (χ1) is 14.1. The van der Waals surface area contributed by atoms with Crippen LogP contribution < -0.4 is 14.8 Å². The normalized spacial score (nSPS) is 11.6. The maximum absolute atomic E-state index is 12.7. The quantitative estimate of drug-likeness (QED) is 0.556. The Morgan fingerprint density at radius 1 is 0.897 bits per heavy atom. The molecule has 3 aromatic rings. The second-order valence-electron chi connectivity index (χ2n) is 6.65. The van der Waals surface area contributed by atoms with Crippen LogP contribution in [0.4, 0.5) is 0 Å². The van der Waals surface area contributed by atoms with Gasteiger partial charge in [-0.3, -0.25) is 4.79 Å². The first kappa shape index (κ1) is 20.7. The maximum Gasteiger partial charge on any atom is 0.221 e. The van der Waals surface area contributed by atoms with Crippen molar-refractivity contribution in [3.05, 3.63) is 94.5 Å². The van der Waals surface area contributed by atoms with Gasteiger partial charge in [-0.1, -0.05) is 60.1 Å². The smallest absolute Gasteiger partial charge is 0.221 e. The van der Waals surface area contributed by atoms with Gasteiger partial charge in [-0.05, 0) is 47.4 Å². The predicted molar refractivity (Wildman–Crippen MR) is 116 cm³/mol. The lowest BCUT2D eigenvalue weighted by molar-refractivity contribution is -0.121. The largest absolute Gasteiger partial charge is 0.493 e. The zero-order valence-corrected chi connectivity index (χ0v) is 17.3. The molecule has 0 aliphatic carbocycles. The van der Waals surface area contributed by atoms with Crippen LogP contribution in [0.2, 0.25) is 5.02 Å². The fraction of sp³-hybridized carbons (Fsp3) is 0.208. The Kier molecular flexibility index (Phi) is 7.14. The number of amides is 1. The molecular weight excluding hydrogens is 386 g/mol. The molecule has 1 N–H and O–H groups in total. The summed E-state index contributed by atoms with van der Waals surface area (Å²) in [4.78, 5) is 12.7. The van der Waals surface area contributed by atoms with Gasteiger partial charge in [0.1, 0.15) is 0 Å². The molecule has 1 amide bonds. The maximum atomic E-state index is 12.7. The molecule has 0 saturated heterocycles. The molecule has 0 radical (unpaired) electrons. The number of hydrogen-bond acceptors (Lipinski definition) is 3. The molecule has 0 aromatic heterocycles. The molecule has 0 aliphatic heterocycles. The summed E-state index contributed by atoms with van der Waals surface area (Å²) in [7, 11) is 3.20. The lowest BCUT2D eigenvalue weighted by atomic mass is 9.98. The van der Waals surface area contributed by atoms with Gasteiger partial charge >= 0.3 is 0 Å². The number of ether oxygens (including phenoxy) is 2. The Morgan fingerprint density at radius 2 is 1.55 bits per heavy atom. The second-order valence-corrected chi connectivity index (χ2v) is 7.09. The van der Waals surface area contributed by atoms with Crippen molar-refractivity contribution >= 4 is 17.5 Å². The Morgan fingerprint density at radius 3 is 2.21 bits per heavy atom. The highest BCUT2D eigenvalue weighted by Crippen LogP contribution is 2.28. The van der Waals surface area contributed by atoms with Crippen LogP contribution in [0.1, 0.15) is 29.2 Å². The zero-order valence-electron chi connectivity index (χ0n) is 16.5. The number of nitrogens with one attached hydrogen (secondary N) is 1. The lowest BCUT2D eigenvalue weighted by Gasteiger charge is -2.20. The number of carbonyl (C=O) groups excluding carboxylic acids is 1. The van der Waals surface area contributed by atoms with Crippen LogP contribution in [0.5, 0.6) is 11.5 Å². The average molecular weight is 410 g/mol. The summed E-state index contributed by atoms with van der Waals surface area (Å²) >= 11 is 6.03. The molecule has 0 heterocycles. The van der Waals surface area contributed by atoms with Gasteiger partial charge in [0.2, 0.25) is 5.91 Å². The average Bonchev–Trinajstić information content (AvgIpc) is 2.77. The molecule has 150 valence electrons. The number of carbonyl (C=O) groups is 1. The molecule has 1 unspecified atom stereocenters. The van der Waals surface area contributed by atoms with Crippen LogP contribution in [0, 0.1) is 0 Å². The van der Waals surface area contributed by atoms with Gasteiger partial charge in [0.15, 0.2) is 11.5 Å². The molecule has 0 saturated carbocycles. The number of aryl methyl sites for hydroxylation is 1. The van der Waals surface area contributed by atoms with Gasteiger partial charge in [0.05, 0.1) is 20.3 Å². The molecule has 3 rings (SSSR count). The summed E-state index contributed by atoms with van der Waals surface area (Å²) < 4.78 is 10.6. The number of methoxy groups -OCH3 is 2. The third kappa shape index (κ3) is 5.52. The van der Waals surface area contributed by atoms with E-state index < -0.39 is 0 Å². The highest BCUT2D eigenvalue weighted by molar-refractivity contribution is 6.30. The summed E-state index contributed by atoms with van der Waals surface area (Å²) in [6.07, 6.45) is 0.973. The van der Waals surface area contributed by atoms with E-state index >= 15 is 0 Å². The van der Waals surface area contributed by atoms with E-state index in [1.165, 1.54) is 0 Å². The fourth-order valence-corrected chi connectivity index (χ4v) is 3.31. The Labute approximate surface area is 176 Å². The van der Waals surface area contributed by atoms with E-state index in [2.05, 4.69) is 5.32 Å². The van der Waals surface area contributed by atoms with Crippen LogP contribution in [0.15, 0.2) is 72.8 Å². The SMILES string of the molecule is COc1ccc(CCC(=O)NC(c2ccccc2)c2ccc(Cl)cc2)cc1OC. The fourth-order valence-electron chi connectivity index (χ4n) is 3.19. The summed E-state index contributed by atoms with van der Waals surface area (Å²) in [6.45, 7) is 0. The van der Waals surface area contributed by atoms with Crippen molar-refractivity contribution in [1.29, 1.82) is 0 Å². The molecular formula is C24H24ClNO3. The van der Waals surface area contributed by atoms with E-state index in [1.807, 2.05) is 72.8 Å². The standard InChI is InChI=1S/C24H24ClNO3/c1-28-21-14-8-17(16-22(21)29-2)9-15-23(27)26-24(18-6-4-3-5-7-18)19-10-12-20(25)13-11-19/h3-8,10-14,16,24H,9,15H2,1-2H3,(H,26,27). The Hall–Kier alpha value is -2.98. The molecule has 0 aliphatic rings. The number of hydrogen-bond donors (Lipinski definition) is 1. The lowest BCUT2D eigenvalue weighted by Crippen LogP contribution is -2.29. The van der Waals surface area contributed by atoms with Gasteiger partial charge in [0.25, 0.3) is 0 Å². The second kappa shape index (κ2) is 9.99. The molecule has 5 heteroatoms. The molecule has 29 heavy (non-hydrogen) atoms. The van der Waals surface area contributed by atoms with E-state index in [4.69, 9.17) is 21.1 Å². The molecule has 4 nitrogen and oxygen atoms in total. The number of benzene rings is 3. The highest BCUT2D eigenvalue weighted by atomic mass is 35.5. The Balaban J connectivity index is 1.71. The third-order valence-corrected chi connectivity index (χ3v) is 4.98. The van der Waals surface area contributed by atoms with Crippen molar-refractivity contribution in [1.82, 2.24) is 5.32 Å². The van der Waals surface area contributed by atoms with Gasteiger partial charge < -0.3 is 14.8 Å². The summed E-state index contributed by atoms with van der Waals surface area (Å²) in [5.74, 6) is 1.31. The van der Waals surface area contributed by atoms with Crippen molar-refractivity contribution in [2.24, 2.45) is 0 Å². The molecule has 1 atom stereocenters. The van der Waals surface area contributed by atoms with E-state index in [0.717, 1.165) is 16.7 Å². The summed E-state index contributed by atoms with van der Waals surface area (Å²) in [6, 6.07) is 22.9. The van der Waals surface area contributed by atoms with E-state index in [9.17, 15) is 4.79 Å². The van der Waals surface area contributed by atoms with Crippen LogP contribution in [0.25, 0.3) is 0 Å². The minimum Gasteiger partial charge on any atom is -0.493 e. The number of rotatable bonds is 8. The van der Waals surface area contributed by atoms with E-state index in [-0.39, 0.29) is 11.9 Å². The first-order valence-corrected chi connectivity index (χ1v) is 9.79. The van der Waals surface area contributed by atoms with Gasteiger partial charge in [-0.15, -0.1) is 0 Å². The topological polar surface area (TPSA) is 47.6 Å². The van der Waals surface area contributed by atoms with Crippen LogP contribution in [-0.2, 0) is 11.2 Å². The van der Waals surface area contributed by atoms with Crippen LogP contribution >= 0.6 is 11.6 Å². The van der Waals surface area contributed by atoms with Crippen molar-refractivity contribution in [3.8, 4) is 11.5 Å². The summed E-state index contributed by atoms with van der Waals surface area (Å²) in [5.41, 5.74) is 3.02. The van der Waals surface area contributed by atoms with Crippen molar-refractivity contribution in [2.45, 2.75) is 18.9 Å². The predicted octanol–water partition coefficient (Wildman–Crippen LogP) is 5.20. The van der Waals surface area contributed by atoms with Crippen LogP contribution in [0.3, 0.4) is 0 Å². The molecule has 0 fully saturated rings. The molecule has 0 spiro atoms. The third-order valence-electron chi connectivity index (χ3n) is 4.73. The van der Waals surface area contributed by atoms with Gasteiger partial charge in [-0.25, -0.2) is 0 Å². The monoisotopic (exact) mass is 409 g/mol. The zero-order chi connectivity index (χ0) is 20.6. The Bertz CT molecular complexity index is 942. The van der Waals surface area contributed by atoms with Crippen molar-refractivity contribution in [2.75, 3.05) is 14.2 Å². The van der Waals surface area contributed by atoms with Crippen molar-refractivity contribution in [3.63, 3.8) is 0 Å². The summed E-state index contributed by atoms with van der Waals surface area (Å²) in [5, 5.41) is 3.82. The van der Waals surface area contributed by atoms with Gasteiger partial charge in [0, 0.05) is 11.4 Å². The first-order valence-electron chi connectivity index (χ1n) is 9.41. The van der Waals surface area contributed by atoms with Crippen molar-refractivity contribution < 1.29 is 14.3 Å². The van der Waals surface area contributed by atoms with E-state index in [1.54, 1.807) is 14.2 Å². The highest BCUT2D eigenvalue weighted by Gasteiger charge is 2.17.